The zero-order valence-corrected chi connectivity index (χ0v) is 34.8. The van der Waals surface area contributed by atoms with Gasteiger partial charge in [-0.15, -0.1) is 0 Å². The molecule has 0 spiro atoms. The summed E-state index contributed by atoms with van der Waals surface area (Å²) in [6, 6.07) is 32.5. The lowest BCUT2D eigenvalue weighted by Crippen LogP contribution is -2.06. The molecule has 15 nitrogen and oxygen atoms in total. The summed E-state index contributed by atoms with van der Waals surface area (Å²) in [6.07, 6.45) is 5.79. The molecule has 0 aliphatic heterocycles. The van der Waals surface area contributed by atoms with E-state index in [2.05, 4.69) is 20.6 Å². The van der Waals surface area contributed by atoms with E-state index in [1.165, 1.54) is 87.8 Å². The van der Waals surface area contributed by atoms with Crippen LogP contribution >= 0.6 is 0 Å². The van der Waals surface area contributed by atoms with Crippen LogP contribution in [0.5, 0.6) is 34.5 Å². The summed E-state index contributed by atoms with van der Waals surface area (Å²) < 4.78 is 34.6. The van der Waals surface area contributed by atoms with E-state index in [0.717, 1.165) is 0 Å². The minimum Gasteiger partial charge on any atom is -0.508 e. The van der Waals surface area contributed by atoms with E-state index in [4.69, 9.17) is 27.6 Å². The summed E-state index contributed by atoms with van der Waals surface area (Å²) in [7, 11) is 3.01. The Bertz CT molecular complexity index is 2950. The van der Waals surface area contributed by atoms with Crippen molar-refractivity contribution >= 4 is 5.78 Å². The Morgan fingerprint density at radius 3 is 0.818 bits per heavy atom. The maximum atomic E-state index is 15.6. The van der Waals surface area contributed by atoms with Gasteiger partial charge in [-0.05, 0) is 121 Å². The molecule has 0 unspecified atom stereocenters. The van der Waals surface area contributed by atoms with Crippen molar-refractivity contribution in [2.24, 2.45) is 0 Å². The van der Waals surface area contributed by atoms with Gasteiger partial charge in [0.25, 0.3) is 0 Å². The molecular formula is C51H34N4O11. The van der Waals surface area contributed by atoms with E-state index in [9.17, 15) is 20.4 Å². The molecule has 0 atom stereocenters. The highest BCUT2D eigenvalue weighted by Crippen LogP contribution is 2.49. The lowest BCUT2D eigenvalue weighted by molar-refractivity contribution is 0.103. The van der Waals surface area contributed by atoms with E-state index in [-0.39, 0.29) is 34.1 Å². The van der Waals surface area contributed by atoms with Crippen molar-refractivity contribution in [3.05, 3.63) is 158 Å². The van der Waals surface area contributed by atoms with Gasteiger partial charge in [-0.3, -0.25) is 4.79 Å². The average Bonchev–Trinajstić information content (AvgIpc) is 4.20. The van der Waals surface area contributed by atoms with Crippen LogP contribution in [0.25, 0.3) is 89.5 Å². The normalized spacial score (nSPS) is 11.2. The molecule has 0 aliphatic rings. The smallest absolute Gasteiger partial charge is 0.193 e. The molecule has 6 aromatic carbocycles. The molecule has 0 saturated carbocycles. The summed E-state index contributed by atoms with van der Waals surface area (Å²) in [4.78, 5) is 15.6. The van der Waals surface area contributed by atoms with Crippen molar-refractivity contribution in [3.63, 3.8) is 0 Å². The SMILES string of the molecule is COc1c(-c2conc2-c2ccc(O)cc2)cc(C(=O)c2cc(-c3conc3-c3ccc(O)cc3)c(OC)c(-c3conc3-c3ccc(O)cc3)c2)cc1-c1conc1-c1ccc(O)cc1. The third kappa shape index (κ3) is 7.31. The largest absolute Gasteiger partial charge is 0.508 e. The number of phenols is 4. The molecule has 66 heavy (non-hydrogen) atoms. The van der Waals surface area contributed by atoms with Crippen molar-refractivity contribution < 1.29 is 52.8 Å². The van der Waals surface area contributed by atoms with Gasteiger partial charge in [-0.1, -0.05) is 20.6 Å². The van der Waals surface area contributed by atoms with E-state index >= 15 is 4.79 Å². The van der Waals surface area contributed by atoms with Gasteiger partial charge >= 0.3 is 0 Å². The van der Waals surface area contributed by atoms with Crippen molar-refractivity contribution in [1.29, 1.82) is 0 Å². The number of carbonyl (C=O) groups is 1. The summed E-state index contributed by atoms with van der Waals surface area (Å²) in [5.74, 6) is 0.469. The number of aromatic hydroxyl groups is 4. The van der Waals surface area contributed by atoms with Crippen LogP contribution in [0.4, 0.5) is 0 Å². The summed E-state index contributed by atoms with van der Waals surface area (Å²) in [5, 5.41) is 57.6. The van der Waals surface area contributed by atoms with E-state index < -0.39 is 5.78 Å². The van der Waals surface area contributed by atoms with Crippen LogP contribution in [0.3, 0.4) is 0 Å². The number of ketones is 1. The summed E-state index contributed by atoms with van der Waals surface area (Å²) in [5.41, 5.74) is 8.10. The van der Waals surface area contributed by atoms with Gasteiger partial charge < -0.3 is 48.0 Å². The predicted molar refractivity (Wildman–Crippen MR) is 240 cm³/mol. The second-order valence-corrected chi connectivity index (χ2v) is 15.0. The Morgan fingerprint density at radius 2 is 0.606 bits per heavy atom. The zero-order chi connectivity index (χ0) is 45.5. The summed E-state index contributed by atoms with van der Waals surface area (Å²) in [6.45, 7) is 0. The van der Waals surface area contributed by atoms with E-state index in [1.807, 2.05) is 0 Å². The molecule has 324 valence electrons. The van der Waals surface area contributed by atoms with Crippen LogP contribution in [0.2, 0.25) is 0 Å². The van der Waals surface area contributed by atoms with Crippen LogP contribution in [0.15, 0.2) is 164 Å². The maximum Gasteiger partial charge on any atom is 0.193 e. The Balaban J connectivity index is 1.22. The lowest BCUT2D eigenvalue weighted by atomic mass is 9.88. The first-order valence-corrected chi connectivity index (χ1v) is 20.1. The Hall–Kier alpha value is -9.37. The number of hydrogen-bond acceptors (Lipinski definition) is 15. The van der Waals surface area contributed by atoms with Crippen molar-refractivity contribution in [1.82, 2.24) is 20.6 Å². The van der Waals surface area contributed by atoms with E-state index in [0.29, 0.717) is 101 Å². The molecule has 0 radical (unpaired) electrons. The zero-order valence-electron chi connectivity index (χ0n) is 34.8. The Kier molecular flexibility index (Phi) is 10.3. The molecule has 4 N–H and O–H groups in total. The average molecular weight is 879 g/mol. The van der Waals surface area contributed by atoms with Gasteiger partial charge in [0, 0.05) is 55.6 Å². The number of methoxy groups -OCH3 is 2. The molecule has 0 bridgehead atoms. The molecule has 10 rings (SSSR count). The monoisotopic (exact) mass is 878 g/mol. The fourth-order valence-corrected chi connectivity index (χ4v) is 7.95. The molecule has 0 fully saturated rings. The first kappa shape index (κ1) is 40.7. The van der Waals surface area contributed by atoms with Crippen LogP contribution in [-0.4, -0.2) is 61.1 Å². The highest BCUT2D eigenvalue weighted by Gasteiger charge is 2.29. The molecule has 10 aromatic rings. The van der Waals surface area contributed by atoms with Crippen LogP contribution in [0.1, 0.15) is 15.9 Å². The number of ether oxygens (including phenoxy) is 2. The standard InChI is InChI=1S/C51H34N4O11/c1-61-50-37(41-23-63-52-45(41)27-3-11-33(56)12-4-27)19-31(20-38(50)42-24-64-53-46(42)28-5-13-34(57)14-6-28)49(60)32-21-39(43-25-65-54-47(43)29-7-15-35(58)16-8-29)51(62-2)40(22-32)44-26-66-55-48(44)30-9-17-36(59)18-10-30/h3-26,56-59H,1-2H3. The second kappa shape index (κ2) is 16.7. The Labute approximate surface area is 373 Å². The topological polar surface area (TPSA) is 221 Å². The van der Waals surface area contributed by atoms with Gasteiger partial charge in [0.05, 0.1) is 36.5 Å². The van der Waals surface area contributed by atoms with Crippen LogP contribution in [0, 0.1) is 0 Å². The molecule has 15 heteroatoms. The lowest BCUT2D eigenvalue weighted by Gasteiger charge is -2.18. The number of aromatic nitrogens is 4. The molecule has 4 heterocycles. The fourth-order valence-electron chi connectivity index (χ4n) is 7.95. The minimum atomic E-state index is -0.444. The molecule has 4 aromatic heterocycles. The van der Waals surface area contributed by atoms with Gasteiger partial charge in [0.2, 0.25) is 0 Å². The number of phenolic OH excluding ortho intramolecular Hbond substituents is 4. The van der Waals surface area contributed by atoms with Gasteiger partial charge in [0.15, 0.2) is 5.78 Å². The third-order valence-electron chi connectivity index (χ3n) is 11.1. The van der Waals surface area contributed by atoms with Crippen molar-refractivity contribution in [2.45, 2.75) is 0 Å². The highest BCUT2D eigenvalue weighted by molar-refractivity contribution is 6.13. The Morgan fingerprint density at radius 1 is 0.379 bits per heavy atom. The molecule has 0 amide bonds. The number of carbonyl (C=O) groups excluding carboxylic acids is 1. The van der Waals surface area contributed by atoms with Crippen LogP contribution in [-0.2, 0) is 0 Å². The first-order valence-electron chi connectivity index (χ1n) is 20.1. The molecular weight excluding hydrogens is 845 g/mol. The second-order valence-electron chi connectivity index (χ2n) is 15.0. The highest BCUT2D eigenvalue weighted by atomic mass is 16.5. The maximum absolute atomic E-state index is 15.6. The van der Waals surface area contributed by atoms with Crippen LogP contribution < -0.4 is 9.47 Å². The van der Waals surface area contributed by atoms with Gasteiger partial charge in [-0.25, -0.2) is 0 Å². The number of rotatable bonds is 12. The minimum absolute atomic E-state index is 0.0616. The quantitative estimate of drug-likeness (QED) is 0.0838. The van der Waals surface area contributed by atoms with Gasteiger partial charge in [-0.2, -0.15) is 0 Å². The molecule has 0 saturated heterocycles. The van der Waals surface area contributed by atoms with Crippen molar-refractivity contribution in [3.8, 4) is 124 Å². The number of benzene rings is 6. The number of nitrogens with zero attached hydrogens (tertiary/aromatic N) is 4. The van der Waals surface area contributed by atoms with Crippen molar-refractivity contribution in [2.75, 3.05) is 14.2 Å². The number of hydrogen-bond donors (Lipinski definition) is 4. The predicted octanol–water partition coefficient (Wildman–Crippen LogP) is 11.0. The first-order chi connectivity index (χ1) is 32.2. The third-order valence-corrected chi connectivity index (χ3v) is 11.1. The summed E-state index contributed by atoms with van der Waals surface area (Å²) >= 11 is 0. The van der Waals surface area contributed by atoms with E-state index in [1.54, 1.807) is 72.8 Å². The van der Waals surface area contributed by atoms with Gasteiger partial charge in [0.1, 0.15) is 82.3 Å². The fraction of sp³-hybridized carbons (Fsp3) is 0.0392. The molecule has 0 aliphatic carbocycles.